The summed E-state index contributed by atoms with van der Waals surface area (Å²) in [6.07, 6.45) is 2.84. The van der Waals surface area contributed by atoms with Crippen molar-refractivity contribution in [1.82, 2.24) is 0 Å². The van der Waals surface area contributed by atoms with Crippen LogP contribution in [-0.2, 0) is 0 Å². The smallest absolute Gasteiger partial charge is 0.0166 e. The van der Waals surface area contributed by atoms with Crippen molar-refractivity contribution in [3.8, 4) is 0 Å². The molecular weight excluding hydrogens is 96.1 g/mol. The molecule has 0 aromatic rings. The molecule has 2 atom stereocenters. The molecule has 0 aromatic heterocycles. The molecule has 0 saturated carbocycles. The van der Waals surface area contributed by atoms with E-state index < -0.39 is 0 Å². The quantitative estimate of drug-likeness (QED) is 0.418. The highest BCUT2D eigenvalue weighted by molar-refractivity contribution is 5.38. The van der Waals surface area contributed by atoms with Crippen molar-refractivity contribution in [2.75, 3.05) is 0 Å². The predicted octanol–water partition coefficient (Wildman–Crippen LogP) is 2.36. The molecule has 2 aliphatic rings. The van der Waals surface area contributed by atoms with Crippen LogP contribution in [0.4, 0.5) is 0 Å². The zero-order valence-corrected chi connectivity index (χ0v) is 5.57. The molecule has 0 saturated heterocycles. The van der Waals surface area contributed by atoms with Gasteiger partial charge in [0.15, 0.2) is 0 Å². The highest BCUT2D eigenvalue weighted by atomic mass is 14.4. The van der Waals surface area contributed by atoms with E-state index in [0.717, 1.165) is 11.8 Å². The second-order valence-electron chi connectivity index (χ2n) is 3.13. The highest BCUT2D eigenvalue weighted by Gasteiger charge is 2.38. The van der Waals surface area contributed by atoms with E-state index in [0.29, 0.717) is 0 Å². The Hall–Kier alpha value is -0.260. The lowest BCUT2D eigenvalue weighted by atomic mass is 9.60. The topological polar surface area (TPSA) is 0 Å². The molecule has 0 amide bonds. The molecule has 0 radical (unpaired) electrons. The monoisotopic (exact) mass is 108 g/mol. The van der Waals surface area contributed by atoms with E-state index in [4.69, 9.17) is 0 Å². The Morgan fingerprint density at radius 2 is 1.38 bits per heavy atom. The van der Waals surface area contributed by atoms with E-state index in [-0.39, 0.29) is 0 Å². The number of hydrogen-bond donors (Lipinski definition) is 0. The summed E-state index contributed by atoms with van der Waals surface area (Å²) in [5.74, 6) is 1.89. The fraction of sp³-hybridized carbons (Fsp3) is 0.750. The largest absolute Gasteiger partial charge is 0.0670 e. The van der Waals surface area contributed by atoms with Crippen LogP contribution in [0.3, 0.4) is 0 Å². The standard InChI is InChI=1S/C8H12/c1-5-6(2)8-4-3-7(5)8/h5-6H,3-4H2,1-2H3/t5-,6+. The van der Waals surface area contributed by atoms with E-state index in [1.54, 1.807) is 11.1 Å². The first-order valence-electron chi connectivity index (χ1n) is 3.52. The van der Waals surface area contributed by atoms with Gasteiger partial charge in [-0.1, -0.05) is 25.0 Å². The molecule has 0 aliphatic heterocycles. The van der Waals surface area contributed by atoms with Crippen LogP contribution in [-0.4, -0.2) is 0 Å². The SMILES string of the molecule is C[C@@H]1C2=C(CC2)[C@@H]1C. The van der Waals surface area contributed by atoms with Crippen molar-refractivity contribution in [3.05, 3.63) is 11.1 Å². The molecule has 0 N–H and O–H groups in total. The Morgan fingerprint density at radius 1 is 1.00 bits per heavy atom. The van der Waals surface area contributed by atoms with Crippen LogP contribution in [0, 0.1) is 11.8 Å². The van der Waals surface area contributed by atoms with Crippen molar-refractivity contribution < 1.29 is 0 Å². The Kier molecular flexibility index (Phi) is 0.677. The second-order valence-corrected chi connectivity index (χ2v) is 3.13. The van der Waals surface area contributed by atoms with Gasteiger partial charge in [-0.05, 0) is 24.7 Å². The predicted molar refractivity (Wildman–Crippen MR) is 34.6 cm³/mol. The fourth-order valence-corrected chi connectivity index (χ4v) is 1.96. The lowest BCUT2D eigenvalue weighted by molar-refractivity contribution is 0.346. The summed E-state index contributed by atoms with van der Waals surface area (Å²) in [5.41, 5.74) is 3.58. The van der Waals surface area contributed by atoms with E-state index in [1.807, 2.05) is 0 Å². The summed E-state index contributed by atoms with van der Waals surface area (Å²) in [6.45, 7) is 4.70. The van der Waals surface area contributed by atoms with Crippen molar-refractivity contribution in [3.63, 3.8) is 0 Å². The maximum absolute atomic E-state index is 2.35. The Balaban J connectivity index is 2.29. The normalized spacial score (nSPS) is 42.8. The Morgan fingerprint density at radius 3 is 1.50 bits per heavy atom. The van der Waals surface area contributed by atoms with Gasteiger partial charge < -0.3 is 0 Å². The summed E-state index contributed by atoms with van der Waals surface area (Å²) in [5, 5.41) is 0. The third kappa shape index (κ3) is 0.300. The van der Waals surface area contributed by atoms with Crippen LogP contribution in [0.15, 0.2) is 11.1 Å². The zero-order chi connectivity index (χ0) is 5.72. The minimum atomic E-state index is 0.943. The van der Waals surface area contributed by atoms with Crippen molar-refractivity contribution in [2.45, 2.75) is 26.7 Å². The van der Waals surface area contributed by atoms with Crippen molar-refractivity contribution in [2.24, 2.45) is 11.8 Å². The zero-order valence-electron chi connectivity index (χ0n) is 5.57. The molecule has 44 valence electrons. The van der Waals surface area contributed by atoms with Gasteiger partial charge in [0.05, 0.1) is 0 Å². The summed E-state index contributed by atoms with van der Waals surface area (Å²) < 4.78 is 0. The van der Waals surface area contributed by atoms with Gasteiger partial charge in [0, 0.05) is 0 Å². The summed E-state index contributed by atoms with van der Waals surface area (Å²) in [6, 6.07) is 0. The number of rotatable bonds is 0. The van der Waals surface area contributed by atoms with Crippen LogP contribution < -0.4 is 0 Å². The first-order chi connectivity index (χ1) is 3.80. The molecule has 0 heteroatoms. The van der Waals surface area contributed by atoms with Gasteiger partial charge in [-0.25, -0.2) is 0 Å². The van der Waals surface area contributed by atoms with Gasteiger partial charge >= 0.3 is 0 Å². The lowest BCUT2D eigenvalue weighted by Gasteiger charge is -2.45. The molecule has 2 aliphatic carbocycles. The van der Waals surface area contributed by atoms with Gasteiger partial charge in [0.2, 0.25) is 0 Å². The first kappa shape index (κ1) is 4.60. The van der Waals surface area contributed by atoms with Gasteiger partial charge in [0.1, 0.15) is 0 Å². The van der Waals surface area contributed by atoms with E-state index >= 15 is 0 Å². The number of hydrogen-bond acceptors (Lipinski definition) is 0. The molecule has 0 aromatic carbocycles. The Labute approximate surface area is 50.6 Å². The molecule has 0 spiro atoms. The average molecular weight is 108 g/mol. The van der Waals surface area contributed by atoms with E-state index in [9.17, 15) is 0 Å². The van der Waals surface area contributed by atoms with Crippen LogP contribution >= 0.6 is 0 Å². The molecule has 0 fully saturated rings. The Bertz CT molecular complexity index is 135. The fourth-order valence-electron chi connectivity index (χ4n) is 1.96. The van der Waals surface area contributed by atoms with Crippen LogP contribution in [0.5, 0.6) is 0 Å². The van der Waals surface area contributed by atoms with E-state index in [2.05, 4.69) is 13.8 Å². The third-order valence-corrected chi connectivity index (χ3v) is 2.93. The molecule has 0 nitrogen and oxygen atoms in total. The minimum Gasteiger partial charge on any atom is -0.0670 e. The maximum atomic E-state index is 2.35. The van der Waals surface area contributed by atoms with Crippen LogP contribution in [0.25, 0.3) is 0 Å². The van der Waals surface area contributed by atoms with Crippen LogP contribution in [0.2, 0.25) is 0 Å². The maximum Gasteiger partial charge on any atom is -0.0166 e. The van der Waals surface area contributed by atoms with Gasteiger partial charge in [0.25, 0.3) is 0 Å². The minimum absolute atomic E-state index is 0.943. The van der Waals surface area contributed by atoms with Crippen molar-refractivity contribution >= 4 is 0 Å². The first-order valence-corrected chi connectivity index (χ1v) is 3.52. The molecule has 0 bridgehead atoms. The van der Waals surface area contributed by atoms with Crippen molar-refractivity contribution in [1.29, 1.82) is 0 Å². The molecule has 8 heavy (non-hydrogen) atoms. The molecule has 0 unspecified atom stereocenters. The summed E-state index contributed by atoms with van der Waals surface area (Å²) in [7, 11) is 0. The third-order valence-electron chi connectivity index (χ3n) is 2.93. The molecule has 2 rings (SSSR count). The molecule has 0 heterocycles. The lowest BCUT2D eigenvalue weighted by Crippen LogP contribution is -2.32. The summed E-state index contributed by atoms with van der Waals surface area (Å²) >= 11 is 0. The number of allylic oxidation sites excluding steroid dienone is 2. The van der Waals surface area contributed by atoms with Crippen LogP contribution in [0.1, 0.15) is 26.7 Å². The summed E-state index contributed by atoms with van der Waals surface area (Å²) in [4.78, 5) is 0. The van der Waals surface area contributed by atoms with E-state index in [1.165, 1.54) is 12.8 Å². The highest BCUT2D eigenvalue weighted by Crippen LogP contribution is 2.52. The molecular formula is C8H12. The second kappa shape index (κ2) is 1.18. The van der Waals surface area contributed by atoms with Gasteiger partial charge in [-0.3, -0.25) is 0 Å². The van der Waals surface area contributed by atoms with Gasteiger partial charge in [-0.15, -0.1) is 0 Å². The van der Waals surface area contributed by atoms with Gasteiger partial charge in [-0.2, -0.15) is 0 Å². The average Bonchev–Trinajstić information content (AvgIpc) is 1.64.